The molecule has 1 amide bonds. The van der Waals surface area contributed by atoms with E-state index in [9.17, 15) is 4.79 Å². The predicted molar refractivity (Wildman–Crippen MR) is 89.1 cm³/mol. The molecule has 0 saturated heterocycles. The molecule has 6 nitrogen and oxygen atoms in total. The van der Waals surface area contributed by atoms with Gasteiger partial charge in [-0.15, -0.1) is 0 Å². The van der Waals surface area contributed by atoms with Crippen LogP contribution in [-0.4, -0.2) is 28.9 Å². The van der Waals surface area contributed by atoms with E-state index in [1.807, 2.05) is 39.8 Å². The molecule has 1 aromatic heterocycles. The van der Waals surface area contributed by atoms with Crippen molar-refractivity contribution in [3.63, 3.8) is 0 Å². The molecule has 6 heteroatoms. The Bertz CT molecular complexity index is 680. The second-order valence-electron chi connectivity index (χ2n) is 5.16. The van der Waals surface area contributed by atoms with Crippen molar-refractivity contribution in [2.75, 3.05) is 18.5 Å². The second-order valence-corrected chi connectivity index (χ2v) is 5.16. The fraction of sp³-hybridized carbons (Fsp3) is 0.412. The van der Waals surface area contributed by atoms with Gasteiger partial charge in [0.1, 0.15) is 18.0 Å². The monoisotopic (exact) mass is 317 g/mol. The molecule has 124 valence electrons. The fourth-order valence-electron chi connectivity index (χ4n) is 2.31. The lowest BCUT2D eigenvalue weighted by Gasteiger charge is -2.14. The molecule has 0 aliphatic carbocycles. The highest BCUT2D eigenvalue weighted by Gasteiger charge is 2.12. The molecule has 0 bridgehead atoms. The van der Waals surface area contributed by atoms with Crippen molar-refractivity contribution in [3.05, 3.63) is 35.7 Å². The molecule has 23 heavy (non-hydrogen) atoms. The molecule has 1 heterocycles. The molecular weight excluding hydrogens is 294 g/mol. The van der Waals surface area contributed by atoms with Gasteiger partial charge in [-0.3, -0.25) is 9.48 Å². The van der Waals surface area contributed by atoms with Crippen molar-refractivity contribution >= 4 is 11.6 Å². The maximum atomic E-state index is 12.3. The summed E-state index contributed by atoms with van der Waals surface area (Å²) in [6, 6.07) is 7.33. The molecular formula is C17H23N3O3. The number of ether oxygens (including phenoxy) is 2. The van der Waals surface area contributed by atoms with Crippen LogP contribution in [-0.2, 0) is 11.3 Å². The number of benzene rings is 1. The van der Waals surface area contributed by atoms with Crippen LogP contribution in [0.15, 0.2) is 24.3 Å². The van der Waals surface area contributed by atoms with Gasteiger partial charge in [-0.2, -0.15) is 5.10 Å². The van der Waals surface area contributed by atoms with Crippen LogP contribution in [0, 0.1) is 13.8 Å². The van der Waals surface area contributed by atoms with Gasteiger partial charge in [-0.05, 0) is 45.9 Å². The Kier molecular flexibility index (Phi) is 5.62. The number of carbonyl (C=O) groups is 1. The summed E-state index contributed by atoms with van der Waals surface area (Å²) >= 11 is 0. The van der Waals surface area contributed by atoms with Crippen molar-refractivity contribution < 1.29 is 14.3 Å². The number of carbonyl (C=O) groups excluding carboxylic acids is 1. The standard InChI is InChI=1S/C17H23N3O3/c1-5-22-14-7-8-16(23-6-2)15(10-14)18-17(21)11-20-13(4)9-12(3)19-20/h7-10H,5-6,11H2,1-4H3,(H,18,21). The lowest BCUT2D eigenvalue weighted by Crippen LogP contribution is -2.20. The average molecular weight is 317 g/mol. The number of hydrogen-bond acceptors (Lipinski definition) is 4. The third-order valence-corrected chi connectivity index (χ3v) is 3.23. The summed E-state index contributed by atoms with van der Waals surface area (Å²) in [5.41, 5.74) is 2.44. The molecule has 2 aromatic rings. The molecule has 1 N–H and O–H groups in total. The largest absolute Gasteiger partial charge is 0.494 e. The summed E-state index contributed by atoms with van der Waals surface area (Å²) in [4.78, 5) is 12.3. The van der Waals surface area contributed by atoms with Crippen LogP contribution in [0.1, 0.15) is 25.2 Å². The molecule has 2 rings (SSSR count). The summed E-state index contributed by atoms with van der Waals surface area (Å²) in [5, 5.41) is 7.17. The lowest BCUT2D eigenvalue weighted by atomic mass is 10.2. The van der Waals surface area contributed by atoms with Crippen LogP contribution in [0.5, 0.6) is 11.5 Å². The highest BCUT2D eigenvalue weighted by Crippen LogP contribution is 2.29. The highest BCUT2D eigenvalue weighted by molar-refractivity contribution is 5.92. The molecule has 0 saturated carbocycles. The van der Waals surface area contributed by atoms with Crippen LogP contribution in [0.3, 0.4) is 0 Å². The van der Waals surface area contributed by atoms with Crippen molar-refractivity contribution in [1.29, 1.82) is 0 Å². The Hall–Kier alpha value is -2.50. The first-order chi connectivity index (χ1) is 11.0. The zero-order chi connectivity index (χ0) is 16.8. The van der Waals surface area contributed by atoms with Gasteiger partial charge in [0.25, 0.3) is 0 Å². The van der Waals surface area contributed by atoms with E-state index in [0.717, 1.165) is 11.4 Å². The minimum atomic E-state index is -0.161. The topological polar surface area (TPSA) is 65.4 Å². The van der Waals surface area contributed by atoms with E-state index in [-0.39, 0.29) is 12.5 Å². The number of nitrogens with zero attached hydrogens (tertiary/aromatic N) is 2. The van der Waals surface area contributed by atoms with Crippen molar-refractivity contribution in [2.45, 2.75) is 34.2 Å². The first-order valence-corrected chi connectivity index (χ1v) is 7.74. The molecule has 0 spiro atoms. The van der Waals surface area contributed by atoms with Crippen LogP contribution in [0.4, 0.5) is 5.69 Å². The van der Waals surface area contributed by atoms with Gasteiger partial charge in [0.15, 0.2) is 0 Å². The maximum absolute atomic E-state index is 12.3. The molecule has 0 aliphatic heterocycles. The van der Waals surface area contributed by atoms with Gasteiger partial charge < -0.3 is 14.8 Å². The summed E-state index contributed by atoms with van der Waals surface area (Å²) in [6.07, 6.45) is 0. The smallest absolute Gasteiger partial charge is 0.246 e. The zero-order valence-corrected chi connectivity index (χ0v) is 14.0. The SMILES string of the molecule is CCOc1ccc(OCC)c(NC(=O)Cn2nc(C)cc2C)c1. The molecule has 0 atom stereocenters. The Labute approximate surface area is 136 Å². The zero-order valence-electron chi connectivity index (χ0n) is 14.0. The number of amides is 1. The number of hydrogen-bond donors (Lipinski definition) is 1. The van der Waals surface area contributed by atoms with Gasteiger partial charge in [-0.1, -0.05) is 0 Å². The van der Waals surface area contributed by atoms with Crippen molar-refractivity contribution in [3.8, 4) is 11.5 Å². The number of nitrogens with one attached hydrogen (secondary N) is 1. The van der Waals surface area contributed by atoms with E-state index in [1.165, 1.54) is 0 Å². The molecule has 1 aromatic carbocycles. The van der Waals surface area contributed by atoms with E-state index in [0.29, 0.717) is 30.4 Å². The Morgan fingerprint density at radius 2 is 1.91 bits per heavy atom. The summed E-state index contributed by atoms with van der Waals surface area (Å²) in [5.74, 6) is 1.15. The van der Waals surface area contributed by atoms with E-state index >= 15 is 0 Å². The number of aryl methyl sites for hydroxylation is 2. The second kappa shape index (κ2) is 7.67. The normalized spacial score (nSPS) is 10.4. The molecule has 0 fully saturated rings. The van der Waals surface area contributed by atoms with Crippen molar-refractivity contribution in [1.82, 2.24) is 9.78 Å². The highest BCUT2D eigenvalue weighted by atomic mass is 16.5. The van der Waals surface area contributed by atoms with Crippen LogP contribution < -0.4 is 14.8 Å². The Morgan fingerprint density at radius 3 is 2.52 bits per heavy atom. The van der Waals surface area contributed by atoms with Gasteiger partial charge in [0.05, 0.1) is 24.6 Å². The van der Waals surface area contributed by atoms with E-state index in [1.54, 1.807) is 16.8 Å². The molecule has 0 aliphatic rings. The first-order valence-electron chi connectivity index (χ1n) is 7.74. The third-order valence-electron chi connectivity index (χ3n) is 3.23. The maximum Gasteiger partial charge on any atom is 0.246 e. The van der Waals surface area contributed by atoms with E-state index in [4.69, 9.17) is 9.47 Å². The van der Waals surface area contributed by atoms with Crippen LogP contribution in [0.2, 0.25) is 0 Å². The summed E-state index contributed by atoms with van der Waals surface area (Å²) in [7, 11) is 0. The van der Waals surface area contributed by atoms with Gasteiger partial charge in [-0.25, -0.2) is 0 Å². The van der Waals surface area contributed by atoms with Crippen LogP contribution in [0.25, 0.3) is 0 Å². The number of aromatic nitrogens is 2. The third kappa shape index (κ3) is 4.48. The summed E-state index contributed by atoms with van der Waals surface area (Å²) in [6.45, 7) is 8.88. The van der Waals surface area contributed by atoms with Gasteiger partial charge in [0.2, 0.25) is 5.91 Å². The number of anilines is 1. The van der Waals surface area contributed by atoms with Crippen molar-refractivity contribution in [2.24, 2.45) is 0 Å². The van der Waals surface area contributed by atoms with Gasteiger partial charge >= 0.3 is 0 Å². The number of rotatable bonds is 7. The Balaban J connectivity index is 2.14. The van der Waals surface area contributed by atoms with Crippen LogP contribution >= 0.6 is 0 Å². The lowest BCUT2D eigenvalue weighted by molar-refractivity contribution is -0.117. The fourth-order valence-corrected chi connectivity index (χ4v) is 2.31. The van der Waals surface area contributed by atoms with E-state index < -0.39 is 0 Å². The minimum absolute atomic E-state index is 0.157. The Morgan fingerprint density at radius 1 is 1.17 bits per heavy atom. The summed E-state index contributed by atoms with van der Waals surface area (Å²) < 4.78 is 12.7. The predicted octanol–water partition coefficient (Wildman–Crippen LogP) is 2.94. The average Bonchev–Trinajstić information content (AvgIpc) is 2.80. The molecule has 0 unspecified atom stereocenters. The molecule has 0 radical (unpaired) electrons. The van der Waals surface area contributed by atoms with E-state index in [2.05, 4.69) is 10.4 Å². The first kappa shape index (κ1) is 16.9. The van der Waals surface area contributed by atoms with Gasteiger partial charge in [0, 0.05) is 11.8 Å². The quantitative estimate of drug-likeness (QED) is 0.852. The minimum Gasteiger partial charge on any atom is -0.494 e.